The van der Waals surface area contributed by atoms with E-state index in [4.69, 9.17) is 4.99 Å². The summed E-state index contributed by atoms with van der Waals surface area (Å²) in [7, 11) is 0. The predicted molar refractivity (Wildman–Crippen MR) is 104 cm³/mol. The lowest BCUT2D eigenvalue weighted by molar-refractivity contribution is 0.244. The van der Waals surface area contributed by atoms with Crippen molar-refractivity contribution in [1.29, 1.82) is 0 Å². The monoisotopic (exact) mass is 336 g/mol. The Morgan fingerprint density at radius 2 is 1.92 bits per heavy atom. The van der Waals surface area contributed by atoms with Crippen LogP contribution in [0.2, 0.25) is 0 Å². The Labute approximate surface area is 150 Å². The molecule has 4 heteroatoms. The molecule has 1 heterocycles. The molecule has 0 amide bonds. The normalized spacial score (nSPS) is 16.2. The van der Waals surface area contributed by atoms with E-state index in [2.05, 4.69) is 65.9 Å². The molecule has 2 N–H and O–H groups in total. The van der Waals surface area contributed by atoms with Crippen molar-refractivity contribution >= 4 is 5.96 Å². The molecule has 132 valence electrons. The van der Waals surface area contributed by atoms with Gasteiger partial charge in [-0.3, -0.25) is 4.98 Å². The fourth-order valence-corrected chi connectivity index (χ4v) is 3.40. The van der Waals surface area contributed by atoms with Crippen molar-refractivity contribution in [3.8, 4) is 0 Å². The van der Waals surface area contributed by atoms with Crippen molar-refractivity contribution < 1.29 is 0 Å². The third-order valence-electron chi connectivity index (χ3n) is 5.14. The number of guanidine groups is 1. The molecule has 0 aliphatic heterocycles. The van der Waals surface area contributed by atoms with Crippen LogP contribution in [0, 0.1) is 6.92 Å². The number of aliphatic imine (C=N–C) groups is 1. The van der Waals surface area contributed by atoms with E-state index in [1.54, 1.807) is 0 Å². The molecule has 1 aliphatic rings. The zero-order chi connectivity index (χ0) is 17.5. The SMILES string of the molecule is CCNC(=NCc1ncccc1C)NCC1(c2ccccc2)CCC1. The maximum absolute atomic E-state index is 4.73. The largest absolute Gasteiger partial charge is 0.357 e. The fourth-order valence-electron chi connectivity index (χ4n) is 3.40. The van der Waals surface area contributed by atoms with E-state index in [1.165, 1.54) is 30.4 Å². The summed E-state index contributed by atoms with van der Waals surface area (Å²) in [4.78, 5) is 9.16. The number of hydrogen-bond donors (Lipinski definition) is 2. The first-order valence-corrected chi connectivity index (χ1v) is 9.22. The molecule has 25 heavy (non-hydrogen) atoms. The molecule has 0 bridgehead atoms. The molecular formula is C21H28N4. The van der Waals surface area contributed by atoms with Crippen molar-refractivity contribution in [2.24, 2.45) is 4.99 Å². The van der Waals surface area contributed by atoms with Gasteiger partial charge in [-0.05, 0) is 43.9 Å². The van der Waals surface area contributed by atoms with E-state index in [9.17, 15) is 0 Å². The maximum Gasteiger partial charge on any atom is 0.191 e. The van der Waals surface area contributed by atoms with E-state index in [-0.39, 0.29) is 5.41 Å². The van der Waals surface area contributed by atoms with Gasteiger partial charge in [-0.25, -0.2) is 4.99 Å². The summed E-state index contributed by atoms with van der Waals surface area (Å²) in [6.07, 6.45) is 5.61. The number of aromatic nitrogens is 1. The van der Waals surface area contributed by atoms with Gasteiger partial charge in [0.2, 0.25) is 0 Å². The Balaban J connectivity index is 1.67. The minimum Gasteiger partial charge on any atom is -0.357 e. The summed E-state index contributed by atoms with van der Waals surface area (Å²) >= 11 is 0. The van der Waals surface area contributed by atoms with E-state index in [0.29, 0.717) is 6.54 Å². The number of hydrogen-bond acceptors (Lipinski definition) is 2. The highest BCUT2D eigenvalue weighted by molar-refractivity contribution is 5.79. The molecule has 0 unspecified atom stereocenters. The van der Waals surface area contributed by atoms with E-state index < -0.39 is 0 Å². The molecule has 0 saturated heterocycles. The van der Waals surface area contributed by atoms with Crippen molar-refractivity contribution in [2.75, 3.05) is 13.1 Å². The summed E-state index contributed by atoms with van der Waals surface area (Å²) in [5.41, 5.74) is 3.89. The summed E-state index contributed by atoms with van der Waals surface area (Å²) < 4.78 is 0. The number of nitrogens with one attached hydrogen (secondary N) is 2. The molecule has 1 aromatic heterocycles. The number of aryl methyl sites for hydroxylation is 1. The quantitative estimate of drug-likeness (QED) is 0.626. The maximum atomic E-state index is 4.73. The Bertz CT molecular complexity index is 705. The van der Waals surface area contributed by atoms with Gasteiger partial charge in [0.05, 0.1) is 12.2 Å². The summed E-state index contributed by atoms with van der Waals surface area (Å²) in [6, 6.07) is 14.9. The molecule has 4 nitrogen and oxygen atoms in total. The number of nitrogens with zero attached hydrogens (tertiary/aromatic N) is 2. The number of benzene rings is 1. The highest BCUT2D eigenvalue weighted by Gasteiger charge is 2.38. The third kappa shape index (κ3) is 4.19. The molecule has 1 saturated carbocycles. The zero-order valence-electron chi connectivity index (χ0n) is 15.3. The Kier molecular flexibility index (Phi) is 5.69. The second-order valence-electron chi connectivity index (χ2n) is 6.82. The van der Waals surface area contributed by atoms with Gasteiger partial charge in [0.1, 0.15) is 0 Å². The van der Waals surface area contributed by atoms with Gasteiger partial charge in [0, 0.05) is 24.7 Å². The van der Waals surface area contributed by atoms with Crippen LogP contribution >= 0.6 is 0 Å². The van der Waals surface area contributed by atoms with Gasteiger partial charge in [-0.15, -0.1) is 0 Å². The highest BCUT2D eigenvalue weighted by atomic mass is 15.2. The van der Waals surface area contributed by atoms with Crippen LogP contribution < -0.4 is 10.6 Å². The highest BCUT2D eigenvalue weighted by Crippen LogP contribution is 2.43. The van der Waals surface area contributed by atoms with Crippen LogP contribution in [0.4, 0.5) is 0 Å². The van der Waals surface area contributed by atoms with Crippen LogP contribution in [0.5, 0.6) is 0 Å². The topological polar surface area (TPSA) is 49.3 Å². The first-order chi connectivity index (χ1) is 12.2. The van der Waals surface area contributed by atoms with Crippen LogP contribution in [-0.4, -0.2) is 24.0 Å². The van der Waals surface area contributed by atoms with E-state index in [0.717, 1.165) is 24.7 Å². The molecule has 0 atom stereocenters. The summed E-state index contributed by atoms with van der Waals surface area (Å²) in [5, 5.41) is 6.92. The van der Waals surface area contributed by atoms with Crippen LogP contribution in [0.15, 0.2) is 53.7 Å². The molecule has 1 fully saturated rings. The van der Waals surface area contributed by atoms with Crippen molar-refractivity contribution in [2.45, 2.75) is 45.1 Å². The fraction of sp³-hybridized carbons (Fsp3) is 0.429. The van der Waals surface area contributed by atoms with Crippen LogP contribution in [0.1, 0.15) is 43.0 Å². The number of pyridine rings is 1. The average Bonchev–Trinajstić information content (AvgIpc) is 2.61. The van der Waals surface area contributed by atoms with E-state index >= 15 is 0 Å². The van der Waals surface area contributed by atoms with Crippen LogP contribution in [0.25, 0.3) is 0 Å². The van der Waals surface area contributed by atoms with Gasteiger partial charge in [-0.1, -0.05) is 42.8 Å². The van der Waals surface area contributed by atoms with Crippen molar-refractivity contribution in [3.05, 3.63) is 65.5 Å². The standard InChI is InChI=1S/C21H28N4/c1-3-22-20(24-15-19-17(2)9-7-14-23-19)25-16-21(12-8-13-21)18-10-5-4-6-11-18/h4-7,9-11,14H,3,8,12-13,15-16H2,1-2H3,(H2,22,24,25). The Morgan fingerprint density at radius 3 is 2.56 bits per heavy atom. The molecular weight excluding hydrogens is 308 g/mol. The van der Waals surface area contributed by atoms with Crippen molar-refractivity contribution in [1.82, 2.24) is 15.6 Å². The molecule has 1 aromatic carbocycles. The van der Waals surface area contributed by atoms with Gasteiger partial charge in [-0.2, -0.15) is 0 Å². The van der Waals surface area contributed by atoms with Crippen LogP contribution in [-0.2, 0) is 12.0 Å². The summed E-state index contributed by atoms with van der Waals surface area (Å²) in [6.45, 7) is 6.55. The molecule has 3 rings (SSSR count). The van der Waals surface area contributed by atoms with Crippen molar-refractivity contribution in [3.63, 3.8) is 0 Å². The molecule has 0 radical (unpaired) electrons. The van der Waals surface area contributed by atoms with Gasteiger partial charge < -0.3 is 10.6 Å². The lowest BCUT2D eigenvalue weighted by atomic mass is 9.64. The lowest BCUT2D eigenvalue weighted by Crippen LogP contribution is -2.48. The average molecular weight is 336 g/mol. The Hall–Kier alpha value is -2.36. The lowest BCUT2D eigenvalue weighted by Gasteiger charge is -2.43. The first kappa shape index (κ1) is 17.5. The molecule has 2 aromatic rings. The first-order valence-electron chi connectivity index (χ1n) is 9.22. The minimum absolute atomic E-state index is 0.248. The Morgan fingerprint density at radius 1 is 1.12 bits per heavy atom. The van der Waals surface area contributed by atoms with Gasteiger partial charge in [0.25, 0.3) is 0 Å². The van der Waals surface area contributed by atoms with Crippen LogP contribution in [0.3, 0.4) is 0 Å². The second-order valence-corrected chi connectivity index (χ2v) is 6.82. The second kappa shape index (κ2) is 8.15. The van der Waals surface area contributed by atoms with Gasteiger partial charge in [0.15, 0.2) is 5.96 Å². The molecule has 0 spiro atoms. The van der Waals surface area contributed by atoms with Gasteiger partial charge >= 0.3 is 0 Å². The summed E-state index contributed by atoms with van der Waals surface area (Å²) in [5.74, 6) is 0.870. The smallest absolute Gasteiger partial charge is 0.191 e. The molecule has 1 aliphatic carbocycles. The third-order valence-corrected chi connectivity index (χ3v) is 5.14. The zero-order valence-corrected chi connectivity index (χ0v) is 15.3. The van der Waals surface area contributed by atoms with E-state index in [1.807, 2.05) is 12.3 Å². The minimum atomic E-state index is 0.248. The number of rotatable bonds is 6. The predicted octanol–water partition coefficient (Wildman–Crippen LogP) is 3.57.